The maximum Gasteiger partial charge on any atom is 0.220 e. The van der Waals surface area contributed by atoms with E-state index in [0.29, 0.717) is 11.3 Å². The lowest BCUT2D eigenvalue weighted by Gasteiger charge is -2.37. The molecule has 1 aromatic carbocycles. The van der Waals surface area contributed by atoms with Crippen LogP contribution in [0.4, 0.5) is 0 Å². The van der Waals surface area contributed by atoms with Crippen LogP contribution in [0.2, 0.25) is 0 Å². The molecule has 0 amide bonds. The highest BCUT2D eigenvalue weighted by Gasteiger charge is 2.35. The smallest absolute Gasteiger partial charge is 0.220 e. The van der Waals surface area contributed by atoms with Gasteiger partial charge in [-0.1, -0.05) is 23.7 Å². The first kappa shape index (κ1) is 14.5. The molecular weight excluding hydrogens is 288 g/mol. The van der Waals surface area contributed by atoms with Crippen LogP contribution < -0.4 is 0 Å². The Labute approximate surface area is 125 Å². The number of nitrogens with zero attached hydrogens (tertiary/aromatic N) is 2. The molecule has 3 rings (SSSR count). The Kier molecular flexibility index (Phi) is 3.75. The Balaban J connectivity index is 1.92. The van der Waals surface area contributed by atoms with Gasteiger partial charge in [0.05, 0.1) is 0 Å². The number of aromatic nitrogens is 1. The van der Waals surface area contributed by atoms with Crippen LogP contribution in [0.5, 0.6) is 0 Å². The Morgan fingerprint density at radius 3 is 2.62 bits per heavy atom. The standard InChI is InChI=1S/C15H20N2O3S/c1-11-6-5-7-12(2)17(11)21(18,19)10-14-13-8-3-4-9-15(13)20-16-14/h3-4,8-9,11-12H,5-7,10H2,1-2H3. The second-order valence-corrected chi connectivity index (χ2v) is 7.71. The monoisotopic (exact) mass is 308 g/mol. The largest absolute Gasteiger partial charge is 0.356 e. The fourth-order valence-corrected chi connectivity index (χ4v) is 5.25. The first-order valence-electron chi connectivity index (χ1n) is 7.33. The third-order valence-electron chi connectivity index (χ3n) is 4.21. The van der Waals surface area contributed by atoms with Crippen molar-refractivity contribution in [2.24, 2.45) is 0 Å². The van der Waals surface area contributed by atoms with Gasteiger partial charge in [0.25, 0.3) is 0 Å². The number of hydrogen-bond acceptors (Lipinski definition) is 4. The van der Waals surface area contributed by atoms with Crippen LogP contribution in [0, 0.1) is 0 Å². The number of fused-ring (bicyclic) bond motifs is 1. The van der Waals surface area contributed by atoms with Crippen molar-refractivity contribution in [3.8, 4) is 0 Å². The molecule has 1 aromatic heterocycles. The minimum Gasteiger partial charge on any atom is -0.356 e. The van der Waals surface area contributed by atoms with E-state index >= 15 is 0 Å². The Morgan fingerprint density at radius 1 is 1.24 bits per heavy atom. The maximum atomic E-state index is 12.8. The molecule has 2 aromatic rings. The van der Waals surface area contributed by atoms with Crippen molar-refractivity contribution in [2.75, 3.05) is 0 Å². The van der Waals surface area contributed by atoms with Gasteiger partial charge in [-0.3, -0.25) is 0 Å². The van der Waals surface area contributed by atoms with E-state index in [1.807, 2.05) is 32.0 Å². The summed E-state index contributed by atoms with van der Waals surface area (Å²) >= 11 is 0. The van der Waals surface area contributed by atoms with E-state index in [2.05, 4.69) is 5.16 Å². The van der Waals surface area contributed by atoms with Crippen molar-refractivity contribution < 1.29 is 12.9 Å². The molecule has 0 radical (unpaired) electrons. The molecule has 0 bridgehead atoms. The first-order valence-corrected chi connectivity index (χ1v) is 8.94. The molecular formula is C15H20N2O3S. The number of rotatable bonds is 3. The average Bonchev–Trinajstić information content (AvgIpc) is 2.81. The topological polar surface area (TPSA) is 63.4 Å². The van der Waals surface area contributed by atoms with Gasteiger partial charge in [0.15, 0.2) is 5.58 Å². The molecule has 1 fully saturated rings. The summed E-state index contributed by atoms with van der Waals surface area (Å²) in [5, 5.41) is 4.72. The van der Waals surface area contributed by atoms with Crippen molar-refractivity contribution in [3.05, 3.63) is 30.0 Å². The molecule has 21 heavy (non-hydrogen) atoms. The van der Waals surface area contributed by atoms with Gasteiger partial charge in [0.2, 0.25) is 10.0 Å². The third kappa shape index (κ3) is 2.70. The van der Waals surface area contributed by atoms with Crippen molar-refractivity contribution in [3.63, 3.8) is 0 Å². The van der Waals surface area contributed by atoms with Gasteiger partial charge in [0, 0.05) is 17.5 Å². The van der Waals surface area contributed by atoms with Crippen molar-refractivity contribution >= 4 is 21.0 Å². The van der Waals surface area contributed by atoms with Crippen LogP contribution in [0.3, 0.4) is 0 Å². The zero-order chi connectivity index (χ0) is 15.0. The van der Waals surface area contributed by atoms with Crippen LogP contribution in [-0.2, 0) is 15.8 Å². The van der Waals surface area contributed by atoms with Crippen molar-refractivity contribution in [1.29, 1.82) is 0 Å². The minimum atomic E-state index is -3.39. The predicted octanol–water partition coefficient (Wildman–Crippen LogP) is 2.92. The second kappa shape index (κ2) is 5.42. The molecule has 5 nitrogen and oxygen atoms in total. The third-order valence-corrected chi connectivity index (χ3v) is 6.21. The fourth-order valence-electron chi connectivity index (χ4n) is 3.24. The van der Waals surface area contributed by atoms with Crippen LogP contribution in [0.25, 0.3) is 11.0 Å². The molecule has 0 saturated carbocycles. The SMILES string of the molecule is CC1CCCC(C)N1S(=O)(=O)Cc1noc2ccccc12. The average molecular weight is 308 g/mol. The summed E-state index contributed by atoms with van der Waals surface area (Å²) in [6.07, 6.45) is 2.92. The minimum absolute atomic E-state index is 0.0527. The summed E-state index contributed by atoms with van der Waals surface area (Å²) in [5.41, 5.74) is 1.12. The van der Waals surface area contributed by atoms with Gasteiger partial charge < -0.3 is 4.52 Å². The zero-order valence-electron chi connectivity index (χ0n) is 12.3. The van der Waals surface area contributed by atoms with Crippen LogP contribution in [0.15, 0.2) is 28.8 Å². The normalized spacial score (nSPS) is 24.5. The van der Waals surface area contributed by atoms with Gasteiger partial charge in [0.1, 0.15) is 11.4 Å². The molecule has 114 valence electrons. The lowest BCUT2D eigenvalue weighted by molar-refractivity contribution is 0.204. The number of sulfonamides is 1. The van der Waals surface area contributed by atoms with E-state index in [1.165, 1.54) is 0 Å². The van der Waals surface area contributed by atoms with E-state index in [-0.39, 0.29) is 17.8 Å². The number of piperidine rings is 1. The Hall–Kier alpha value is -1.40. The van der Waals surface area contributed by atoms with E-state index in [4.69, 9.17) is 4.52 Å². The Bertz CT molecular complexity index is 728. The van der Waals surface area contributed by atoms with Crippen molar-refractivity contribution in [1.82, 2.24) is 9.46 Å². The number of benzene rings is 1. The van der Waals surface area contributed by atoms with Crippen molar-refractivity contribution in [2.45, 2.75) is 50.9 Å². The molecule has 0 N–H and O–H groups in total. The molecule has 0 aliphatic carbocycles. The maximum absolute atomic E-state index is 12.8. The predicted molar refractivity (Wildman–Crippen MR) is 81.2 cm³/mol. The first-order chi connectivity index (χ1) is 9.99. The van der Waals surface area contributed by atoms with Gasteiger partial charge in [-0.2, -0.15) is 4.31 Å². The van der Waals surface area contributed by atoms with Gasteiger partial charge in [-0.15, -0.1) is 0 Å². The molecule has 1 aliphatic rings. The van der Waals surface area contributed by atoms with E-state index < -0.39 is 10.0 Å². The molecule has 1 saturated heterocycles. The molecule has 0 spiro atoms. The summed E-state index contributed by atoms with van der Waals surface area (Å²) in [5.74, 6) is -0.0985. The lowest BCUT2D eigenvalue weighted by Crippen LogP contribution is -2.47. The molecule has 2 atom stereocenters. The fraction of sp³-hybridized carbons (Fsp3) is 0.533. The molecule has 2 unspecified atom stereocenters. The van der Waals surface area contributed by atoms with Crippen LogP contribution in [0.1, 0.15) is 38.8 Å². The summed E-state index contributed by atoms with van der Waals surface area (Å²) in [6.45, 7) is 3.96. The summed E-state index contributed by atoms with van der Waals surface area (Å²) in [6, 6.07) is 7.46. The van der Waals surface area contributed by atoms with E-state index in [1.54, 1.807) is 10.4 Å². The molecule has 6 heteroatoms. The lowest BCUT2D eigenvalue weighted by atomic mass is 10.0. The highest BCUT2D eigenvalue weighted by atomic mass is 32.2. The summed E-state index contributed by atoms with van der Waals surface area (Å²) in [7, 11) is -3.39. The second-order valence-electron chi connectivity index (χ2n) is 5.84. The zero-order valence-corrected chi connectivity index (χ0v) is 13.1. The number of hydrogen-bond donors (Lipinski definition) is 0. The van der Waals surface area contributed by atoms with Crippen LogP contribution >= 0.6 is 0 Å². The van der Waals surface area contributed by atoms with Gasteiger partial charge in [-0.25, -0.2) is 8.42 Å². The van der Waals surface area contributed by atoms with Gasteiger partial charge >= 0.3 is 0 Å². The Morgan fingerprint density at radius 2 is 1.90 bits per heavy atom. The number of para-hydroxylation sites is 1. The van der Waals surface area contributed by atoms with Gasteiger partial charge in [-0.05, 0) is 38.8 Å². The van der Waals surface area contributed by atoms with Crippen LogP contribution in [-0.4, -0.2) is 30.0 Å². The summed E-state index contributed by atoms with van der Waals surface area (Å²) < 4.78 is 32.4. The quantitative estimate of drug-likeness (QED) is 0.874. The highest BCUT2D eigenvalue weighted by Crippen LogP contribution is 2.28. The highest BCUT2D eigenvalue weighted by molar-refractivity contribution is 7.88. The molecule has 2 heterocycles. The van der Waals surface area contributed by atoms with E-state index in [9.17, 15) is 8.42 Å². The molecule has 1 aliphatic heterocycles. The summed E-state index contributed by atoms with van der Waals surface area (Å²) in [4.78, 5) is 0. The van der Waals surface area contributed by atoms with E-state index in [0.717, 1.165) is 24.6 Å².